The molecular formula is C22H23F2N5O4S. The third kappa shape index (κ3) is 4.48. The summed E-state index contributed by atoms with van der Waals surface area (Å²) in [4.78, 5) is 24.1. The number of thiazole rings is 1. The number of hydrogen-bond donors (Lipinski definition) is 3. The molecule has 3 N–H and O–H groups in total. The predicted octanol–water partition coefficient (Wildman–Crippen LogP) is 3.74. The Kier molecular flexibility index (Phi) is 6.19. The van der Waals surface area contributed by atoms with Crippen molar-refractivity contribution in [3.63, 3.8) is 0 Å². The van der Waals surface area contributed by atoms with E-state index in [0.717, 1.165) is 10.6 Å². The van der Waals surface area contributed by atoms with Crippen LogP contribution in [0.15, 0.2) is 34.9 Å². The number of anilines is 2. The number of halogens is 2. The van der Waals surface area contributed by atoms with Crippen molar-refractivity contribution in [1.29, 1.82) is 0 Å². The molecule has 0 aliphatic carbocycles. The van der Waals surface area contributed by atoms with Crippen molar-refractivity contribution in [2.24, 2.45) is 0 Å². The number of carbonyl (C=O) groups excluding carboxylic acids is 1. The highest BCUT2D eigenvalue weighted by Gasteiger charge is 2.42. The Balaban J connectivity index is 1.38. The van der Waals surface area contributed by atoms with Crippen LogP contribution in [-0.2, 0) is 11.2 Å². The smallest absolute Gasteiger partial charge is 0.321 e. The molecule has 5 rings (SSSR count). The number of aliphatic hydroxyl groups excluding tert-OH is 1. The van der Waals surface area contributed by atoms with Crippen molar-refractivity contribution in [1.82, 2.24) is 15.3 Å². The number of nitrogens with one attached hydrogen (secondary N) is 2. The minimum absolute atomic E-state index is 0.0656. The SMILES string of the molecule is C[C@@H](O)CNC(=O)Nc1nc2c(s1)[C@@H]1COC[C@H](C2)N1c1ncc(-c2cccc(C(F)F)c2)o1. The van der Waals surface area contributed by atoms with Crippen molar-refractivity contribution in [2.45, 2.75) is 38.0 Å². The van der Waals surface area contributed by atoms with E-state index in [1.54, 1.807) is 19.1 Å². The Bertz CT molecular complexity index is 1180. The van der Waals surface area contributed by atoms with Crippen LogP contribution in [0.5, 0.6) is 0 Å². The van der Waals surface area contributed by atoms with Gasteiger partial charge in [-0.3, -0.25) is 5.32 Å². The van der Waals surface area contributed by atoms with Crippen molar-refractivity contribution in [2.75, 3.05) is 30.0 Å². The molecule has 0 saturated carbocycles. The quantitative estimate of drug-likeness (QED) is 0.482. The van der Waals surface area contributed by atoms with Gasteiger partial charge >= 0.3 is 6.03 Å². The molecule has 1 saturated heterocycles. The number of carbonyl (C=O) groups is 1. The number of morpholine rings is 1. The van der Waals surface area contributed by atoms with Crippen molar-refractivity contribution >= 4 is 28.5 Å². The molecule has 0 unspecified atom stereocenters. The van der Waals surface area contributed by atoms with Gasteiger partial charge in [0.15, 0.2) is 10.9 Å². The summed E-state index contributed by atoms with van der Waals surface area (Å²) in [6.07, 6.45) is -1.10. The van der Waals surface area contributed by atoms with Gasteiger partial charge in [-0.25, -0.2) is 23.5 Å². The normalized spacial score (nSPS) is 20.2. The first kappa shape index (κ1) is 22.7. The van der Waals surface area contributed by atoms with Gasteiger partial charge in [0.1, 0.15) is 0 Å². The summed E-state index contributed by atoms with van der Waals surface area (Å²) < 4.78 is 38.0. The van der Waals surface area contributed by atoms with Crippen LogP contribution >= 0.6 is 11.3 Å². The molecule has 34 heavy (non-hydrogen) atoms. The minimum Gasteiger partial charge on any atom is -0.423 e. The van der Waals surface area contributed by atoms with E-state index in [4.69, 9.17) is 9.15 Å². The van der Waals surface area contributed by atoms with Crippen LogP contribution < -0.4 is 15.5 Å². The fraction of sp³-hybridized carbons (Fsp3) is 0.409. The number of ether oxygens (including phenoxy) is 1. The Labute approximate surface area is 197 Å². The molecule has 9 nitrogen and oxygen atoms in total. The van der Waals surface area contributed by atoms with Crippen LogP contribution in [0.4, 0.5) is 24.7 Å². The number of nitrogens with zero attached hydrogens (tertiary/aromatic N) is 3. The molecule has 2 amide bonds. The first-order chi connectivity index (χ1) is 16.4. The van der Waals surface area contributed by atoms with Gasteiger partial charge in [-0.1, -0.05) is 29.5 Å². The summed E-state index contributed by atoms with van der Waals surface area (Å²) in [7, 11) is 0. The van der Waals surface area contributed by atoms with E-state index < -0.39 is 18.6 Å². The van der Waals surface area contributed by atoms with Crippen LogP contribution in [0.1, 0.15) is 35.5 Å². The molecule has 12 heteroatoms. The topological polar surface area (TPSA) is 113 Å². The van der Waals surface area contributed by atoms with Crippen LogP contribution in [0.25, 0.3) is 11.3 Å². The van der Waals surface area contributed by atoms with Gasteiger partial charge in [0, 0.05) is 24.1 Å². The van der Waals surface area contributed by atoms with Crippen LogP contribution in [-0.4, -0.2) is 53.0 Å². The largest absolute Gasteiger partial charge is 0.423 e. The van der Waals surface area contributed by atoms with E-state index in [2.05, 4.69) is 20.6 Å². The number of fused-ring (bicyclic) bond motifs is 4. The highest BCUT2D eigenvalue weighted by atomic mass is 32.1. The van der Waals surface area contributed by atoms with Crippen LogP contribution in [0, 0.1) is 0 Å². The summed E-state index contributed by atoms with van der Waals surface area (Å²) >= 11 is 1.35. The minimum atomic E-state index is -2.57. The average molecular weight is 492 g/mol. The molecule has 2 aliphatic rings. The van der Waals surface area contributed by atoms with Gasteiger partial charge in [-0.05, 0) is 13.0 Å². The zero-order valence-corrected chi connectivity index (χ0v) is 19.0. The van der Waals surface area contributed by atoms with E-state index in [-0.39, 0.29) is 24.2 Å². The standard InChI is InChI=1S/C22H23F2N5O4S/c1-11(30)7-25-20(31)28-21-27-15-6-14-9-32-10-16(18(15)34-21)29(14)22-26-8-17(33-22)12-3-2-4-13(5-12)19(23)24/h2-5,8,11,14,16,19,30H,6-7,9-10H2,1H3,(H2,25,27,28,31)/t11-,14+,16+/m1/s1. The van der Waals surface area contributed by atoms with Crippen molar-refractivity contribution < 1.29 is 27.8 Å². The summed E-state index contributed by atoms with van der Waals surface area (Å²) in [6, 6.07) is 5.73. The molecule has 2 aliphatic heterocycles. The first-order valence-corrected chi connectivity index (χ1v) is 11.6. The second-order valence-corrected chi connectivity index (χ2v) is 9.30. The van der Waals surface area contributed by atoms with E-state index in [1.165, 1.54) is 29.7 Å². The summed E-state index contributed by atoms with van der Waals surface area (Å²) in [6.45, 7) is 2.58. The molecule has 0 spiro atoms. The number of benzene rings is 1. The Morgan fingerprint density at radius 2 is 2.24 bits per heavy atom. The molecule has 1 fully saturated rings. The molecule has 2 bridgehead atoms. The number of alkyl halides is 2. The number of aromatic nitrogens is 2. The molecule has 180 valence electrons. The molecule has 4 heterocycles. The molecule has 3 atom stereocenters. The lowest BCUT2D eigenvalue weighted by Crippen LogP contribution is -2.51. The third-order valence-electron chi connectivity index (χ3n) is 5.69. The maximum absolute atomic E-state index is 13.1. The summed E-state index contributed by atoms with van der Waals surface area (Å²) in [5.41, 5.74) is 1.34. The number of oxazole rings is 1. The molecule has 3 aromatic rings. The van der Waals surface area contributed by atoms with Gasteiger partial charge in [0.25, 0.3) is 12.4 Å². The average Bonchev–Trinajstić information content (AvgIpc) is 3.44. The zero-order chi connectivity index (χ0) is 23.8. The zero-order valence-electron chi connectivity index (χ0n) is 18.2. The summed E-state index contributed by atoms with van der Waals surface area (Å²) in [5, 5.41) is 15.1. The number of hydrogen-bond acceptors (Lipinski definition) is 8. The molecule has 2 aromatic heterocycles. The molecular weight excluding hydrogens is 468 g/mol. The van der Waals surface area contributed by atoms with Gasteiger partial charge in [-0.15, -0.1) is 0 Å². The lowest BCUT2D eigenvalue weighted by atomic mass is 9.97. The maximum Gasteiger partial charge on any atom is 0.321 e. The molecule has 1 aromatic carbocycles. The lowest BCUT2D eigenvalue weighted by molar-refractivity contribution is 0.0578. The van der Waals surface area contributed by atoms with E-state index in [0.29, 0.717) is 42.1 Å². The van der Waals surface area contributed by atoms with Crippen LogP contribution in [0.2, 0.25) is 0 Å². The Hall–Kier alpha value is -3.09. The van der Waals surface area contributed by atoms with Crippen molar-refractivity contribution in [3.05, 3.63) is 46.6 Å². The number of amides is 2. The number of urea groups is 1. The summed E-state index contributed by atoms with van der Waals surface area (Å²) in [5.74, 6) is 0.406. The predicted molar refractivity (Wildman–Crippen MR) is 121 cm³/mol. The van der Waals surface area contributed by atoms with Gasteiger partial charge < -0.3 is 24.5 Å². The maximum atomic E-state index is 13.1. The van der Waals surface area contributed by atoms with Gasteiger partial charge in [0.05, 0.1) is 48.2 Å². The second kappa shape index (κ2) is 9.28. The monoisotopic (exact) mass is 491 g/mol. The first-order valence-electron chi connectivity index (χ1n) is 10.8. The highest BCUT2D eigenvalue weighted by Crippen LogP contribution is 2.43. The number of rotatable bonds is 6. The second-order valence-electron chi connectivity index (χ2n) is 8.27. The third-order valence-corrected chi connectivity index (χ3v) is 6.80. The fourth-order valence-corrected chi connectivity index (χ4v) is 5.23. The Morgan fingerprint density at radius 1 is 1.38 bits per heavy atom. The Morgan fingerprint density at radius 3 is 3.03 bits per heavy atom. The fourth-order valence-electron chi connectivity index (χ4n) is 4.15. The van der Waals surface area contributed by atoms with E-state index in [1.807, 2.05) is 4.90 Å². The van der Waals surface area contributed by atoms with Crippen LogP contribution in [0.3, 0.4) is 0 Å². The van der Waals surface area contributed by atoms with Crippen molar-refractivity contribution in [3.8, 4) is 11.3 Å². The molecule has 0 radical (unpaired) electrons. The highest BCUT2D eigenvalue weighted by molar-refractivity contribution is 7.16. The van der Waals surface area contributed by atoms with E-state index in [9.17, 15) is 18.7 Å². The number of aliphatic hydroxyl groups is 1. The van der Waals surface area contributed by atoms with Gasteiger partial charge in [-0.2, -0.15) is 0 Å². The van der Waals surface area contributed by atoms with Gasteiger partial charge in [0.2, 0.25) is 0 Å². The van der Waals surface area contributed by atoms with E-state index >= 15 is 0 Å². The lowest BCUT2D eigenvalue weighted by Gasteiger charge is -2.43.